The molecule has 33 heavy (non-hydrogen) atoms. The van der Waals surface area contributed by atoms with E-state index in [4.69, 9.17) is 17.4 Å². The maximum Gasteiger partial charge on any atom is 0.266 e. The second-order valence-corrected chi connectivity index (χ2v) is 10.6. The van der Waals surface area contributed by atoms with Crippen LogP contribution in [0.15, 0.2) is 58.3 Å². The van der Waals surface area contributed by atoms with Crippen LogP contribution in [0.5, 0.6) is 0 Å². The van der Waals surface area contributed by atoms with Crippen LogP contribution in [0.1, 0.15) is 31.2 Å². The maximum absolute atomic E-state index is 13.0. The number of hydrogen-bond acceptors (Lipinski definition) is 6. The Balaban J connectivity index is 1.40. The zero-order valence-electron chi connectivity index (χ0n) is 17.5. The van der Waals surface area contributed by atoms with Crippen molar-refractivity contribution in [3.05, 3.63) is 64.8 Å². The molecule has 3 rings (SSSR count). The third-order valence-electron chi connectivity index (χ3n) is 4.79. The van der Waals surface area contributed by atoms with Crippen molar-refractivity contribution in [2.45, 2.75) is 30.6 Å². The normalized spacial score (nSPS) is 15.3. The predicted octanol–water partition coefficient (Wildman–Crippen LogP) is 3.87. The highest BCUT2D eigenvalue weighted by Gasteiger charge is 2.31. The molecule has 0 atom stereocenters. The molecule has 174 valence electrons. The molecular formula is C22H22FN3O4S3. The molecule has 7 nitrogen and oxygen atoms in total. The number of primary sulfonamides is 1. The molecule has 0 aromatic heterocycles. The summed E-state index contributed by atoms with van der Waals surface area (Å²) in [6.07, 6.45) is 4.03. The third-order valence-corrected chi connectivity index (χ3v) is 7.10. The molecule has 3 N–H and O–H groups in total. The number of nitrogens with two attached hydrogens (primary N) is 1. The maximum atomic E-state index is 13.0. The van der Waals surface area contributed by atoms with Gasteiger partial charge in [-0.3, -0.25) is 14.5 Å². The average molecular weight is 508 g/mol. The minimum atomic E-state index is -3.77. The van der Waals surface area contributed by atoms with Crippen molar-refractivity contribution in [3.63, 3.8) is 0 Å². The van der Waals surface area contributed by atoms with Gasteiger partial charge in [-0.15, -0.1) is 0 Å². The van der Waals surface area contributed by atoms with Crippen molar-refractivity contribution in [3.8, 4) is 0 Å². The zero-order chi connectivity index (χ0) is 24.0. The lowest BCUT2D eigenvalue weighted by molar-refractivity contribution is -0.122. The Morgan fingerprint density at radius 2 is 1.76 bits per heavy atom. The van der Waals surface area contributed by atoms with Crippen LogP contribution in [-0.2, 0) is 19.6 Å². The van der Waals surface area contributed by atoms with Gasteiger partial charge >= 0.3 is 0 Å². The lowest BCUT2D eigenvalue weighted by atomic mass is 10.1. The molecule has 2 amide bonds. The lowest BCUT2D eigenvalue weighted by Gasteiger charge is -2.14. The Morgan fingerprint density at radius 1 is 1.09 bits per heavy atom. The minimum absolute atomic E-state index is 0.0243. The Morgan fingerprint density at radius 3 is 2.39 bits per heavy atom. The molecule has 0 unspecified atom stereocenters. The number of carbonyl (C=O) groups excluding carboxylic acids is 2. The summed E-state index contributed by atoms with van der Waals surface area (Å²) in [7, 11) is -3.77. The number of amides is 2. The Bertz CT molecular complexity index is 1180. The molecule has 1 heterocycles. The summed E-state index contributed by atoms with van der Waals surface area (Å²) in [5.41, 5.74) is 1.21. The summed E-state index contributed by atoms with van der Waals surface area (Å²) in [5.74, 6) is -0.699. The molecule has 2 aromatic rings. The van der Waals surface area contributed by atoms with Crippen molar-refractivity contribution in [2.75, 3.05) is 11.9 Å². The summed E-state index contributed by atoms with van der Waals surface area (Å²) in [4.78, 5) is 26.7. The van der Waals surface area contributed by atoms with Crippen molar-refractivity contribution < 1.29 is 22.4 Å². The first-order valence-electron chi connectivity index (χ1n) is 10.1. The van der Waals surface area contributed by atoms with E-state index in [0.717, 1.165) is 12.0 Å². The van der Waals surface area contributed by atoms with Gasteiger partial charge in [0.15, 0.2) is 0 Å². The predicted molar refractivity (Wildman–Crippen MR) is 131 cm³/mol. The fraction of sp³-hybridized carbons (Fsp3) is 0.227. The molecule has 2 aromatic carbocycles. The van der Waals surface area contributed by atoms with Crippen LogP contribution in [0.2, 0.25) is 0 Å². The fourth-order valence-corrected chi connectivity index (χ4v) is 4.91. The molecular weight excluding hydrogens is 485 g/mol. The monoisotopic (exact) mass is 507 g/mol. The second kappa shape index (κ2) is 11.0. The summed E-state index contributed by atoms with van der Waals surface area (Å²) >= 11 is 6.53. The van der Waals surface area contributed by atoms with Crippen LogP contribution in [0.3, 0.4) is 0 Å². The number of nitrogens with zero attached hydrogens (tertiary/aromatic N) is 1. The summed E-state index contributed by atoms with van der Waals surface area (Å²) < 4.78 is 36.0. The van der Waals surface area contributed by atoms with Crippen LogP contribution in [0.25, 0.3) is 6.08 Å². The number of anilines is 1. The summed E-state index contributed by atoms with van der Waals surface area (Å²) in [6, 6.07) is 11.5. The van der Waals surface area contributed by atoms with E-state index >= 15 is 0 Å². The van der Waals surface area contributed by atoms with E-state index < -0.39 is 10.0 Å². The highest BCUT2D eigenvalue weighted by Crippen LogP contribution is 2.32. The lowest BCUT2D eigenvalue weighted by Crippen LogP contribution is -2.29. The SMILES string of the molecule is NS(=O)(=O)c1ccc(NC(=O)CCCCCN2C(=O)/C(=C/c3ccc(F)cc3)SC2=S)cc1. The first-order valence-corrected chi connectivity index (χ1v) is 12.8. The molecule has 1 saturated heterocycles. The number of carbonyl (C=O) groups is 2. The number of sulfonamides is 1. The number of rotatable bonds is 9. The number of nitrogens with one attached hydrogen (secondary N) is 1. The first kappa shape index (κ1) is 25.0. The Hall–Kier alpha value is -2.60. The van der Waals surface area contributed by atoms with Crippen molar-refractivity contribution >= 4 is 61.9 Å². The number of thioether (sulfide) groups is 1. The first-order chi connectivity index (χ1) is 15.6. The molecule has 11 heteroatoms. The Labute approximate surface area is 201 Å². The van der Waals surface area contributed by atoms with Crippen molar-refractivity contribution in [2.24, 2.45) is 5.14 Å². The number of halogens is 1. The number of thiocarbonyl (C=S) groups is 1. The van der Waals surface area contributed by atoms with E-state index in [-0.39, 0.29) is 22.5 Å². The van der Waals surface area contributed by atoms with Crippen molar-refractivity contribution in [1.82, 2.24) is 4.90 Å². The largest absolute Gasteiger partial charge is 0.326 e. The van der Waals surface area contributed by atoms with Gasteiger partial charge in [0.1, 0.15) is 10.1 Å². The smallest absolute Gasteiger partial charge is 0.266 e. The van der Waals surface area contributed by atoms with E-state index in [2.05, 4.69) is 5.32 Å². The molecule has 0 saturated carbocycles. The van der Waals surface area contributed by atoms with Gasteiger partial charge in [-0.2, -0.15) is 0 Å². The van der Waals surface area contributed by atoms with Gasteiger partial charge in [-0.25, -0.2) is 17.9 Å². The summed E-state index contributed by atoms with van der Waals surface area (Å²) in [6.45, 7) is 0.460. The molecule has 1 aliphatic rings. The van der Waals surface area contributed by atoms with Gasteiger partial charge in [0.05, 0.1) is 9.80 Å². The molecule has 1 fully saturated rings. The third kappa shape index (κ3) is 7.19. The Kier molecular flexibility index (Phi) is 8.35. The van der Waals surface area contributed by atoms with Crippen molar-refractivity contribution in [1.29, 1.82) is 0 Å². The van der Waals surface area contributed by atoms with Crippen LogP contribution in [-0.4, -0.2) is 36.0 Å². The standard InChI is InChI=1S/C22H22FN3O4S3/c23-16-7-5-15(6-8-16)14-19-21(28)26(22(31)32-19)13-3-1-2-4-20(27)25-17-9-11-18(12-10-17)33(24,29)30/h5-12,14H,1-4,13H2,(H,25,27)(H2,24,29,30)/b19-14-. The van der Waals surface area contributed by atoms with Crippen LogP contribution >= 0.6 is 24.0 Å². The molecule has 0 spiro atoms. The molecule has 0 bridgehead atoms. The minimum Gasteiger partial charge on any atom is -0.326 e. The topological polar surface area (TPSA) is 110 Å². The zero-order valence-corrected chi connectivity index (χ0v) is 19.9. The van der Waals surface area contributed by atoms with Gasteiger partial charge < -0.3 is 5.32 Å². The van der Waals surface area contributed by atoms with Crippen LogP contribution in [0, 0.1) is 5.82 Å². The van der Waals surface area contributed by atoms with E-state index in [1.807, 2.05) is 0 Å². The average Bonchev–Trinajstić information content (AvgIpc) is 3.02. The van der Waals surface area contributed by atoms with Gasteiger partial charge in [0.25, 0.3) is 5.91 Å². The van der Waals surface area contributed by atoms with Gasteiger partial charge in [0, 0.05) is 18.7 Å². The quantitative estimate of drug-likeness (QED) is 0.303. The molecule has 0 aliphatic carbocycles. The number of hydrogen-bond donors (Lipinski definition) is 2. The van der Waals surface area contributed by atoms with Gasteiger partial charge in [-0.05, 0) is 60.9 Å². The van der Waals surface area contributed by atoms with Gasteiger partial charge in [0.2, 0.25) is 15.9 Å². The summed E-state index contributed by atoms with van der Waals surface area (Å²) in [5, 5.41) is 7.75. The van der Waals surface area contributed by atoms with E-state index in [0.29, 0.717) is 40.7 Å². The number of unbranched alkanes of at least 4 members (excludes halogenated alkanes) is 2. The van der Waals surface area contributed by atoms with Crippen LogP contribution in [0.4, 0.5) is 10.1 Å². The fourth-order valence-electron chi connectivity index (χ4n) is 3.09. The number of benzene rings is 2. The molecule has 1 aliphatic heterocycles. The highest BCUT2D eigenvalue weighted by atomic mass is 32.2. The molecule has 0 radical (unpaired) electrons. The van der Waals surface area contributed by atoms with Gasteiger partial charge in [-0.1, -0.05) is 42.5 Å². The van der Waals surface area contributed by atoms with E-state index in [9.17, 15) is 22.4 Å². The van der Waals surface area contributed by atoms with Crippen LogP contribution < -0.4 is 10.5 Å². The highest BCUT2D eigenvalue weighted by molar-refractivity contribution is 8.26. The second-order valence-electron chi connectivity index (χ2n) is 7.31. The van der Waals surface area contributed by atoms with E-state index in [1.165, 1.54) is 48.2 Å². The van der Waals surface area contributed by atoms with E-state index in [1.54, 1.807) is 23.1 Å².